The summed E-state index contributed by atoms with van der Waals surface area (Å²) in [5.74, 6) is 2.58. The van der Waals surface area contributed by atoms with E-state index in [1.54, 1.807) is 0 Å². The molecule has 3 rings (SSSR count). The maximum atomic E-state index is 6.00. The maximum Gasteiger partial charge on any atom is 0.158 e. The lowest BCUT2D eigenvalue weighted by molar-refractivity contribution is 0.481. The lowest BCUT2D eigenvalue weighted by Crippen LogP contribution is -2.13. The maximum absolute atomic E-state index is 6.00. The van der Waals surface area contributed by atoms with E-state index in [1.807, 2.05) is 11.7 Å². The van der Waals surface area contributed by atoms with Crippen LogP contribution in [-0.4, -0.2) is 25.2 Å². The largest absolute Gasteiger partial charge is 0.310 e. The van der Waals surface area contributed by atoms with Crippen LogP contribution in [0, 0.1) is 5.92 Å². The van der Waals surface area contributed by atoms with Gasteiger partial charge in [0.1, 0.15) is 11.3 Å². The highest BCUT2D eigenvalue weighted by atomic mass is 35.5. The Labute approximate surface area is 131 Å². The molecule has 0 N–H and O–H groups in total. The molecule has 0 aliphatic heterocycles. The number of aromatic nitrogens is 4. The topological polar surface area (TPSA) is 35.6 Å². The van der Waals surface area contributed by atoms with Crippen LogP contribution in [0.15, 0.2) is 0 Å². The van der Waals surface area contributed by atoms with Gasteiger partial charge in [-0.25, -0.2) is 4.98 Å². The van der Waals surface area contributed by atoms with Gasteiger partial charge in [-0.3, -0.25) is 4.68 Å². The normalized spacial score (nSPS) is 22.5. The number of halogens is 1. The number of fused-ring (bicyclic) bond motifs is 1. The average molecular weight is 309 g/mol. The van der Waals surface area contributed by atoms with Crippen molar-refractivity contribution < 1.29 is 0 Å². The Bertz CT molecular complexity index is 628. The second kappa shape index (κ2) is 5.99. The van der Waals surface area contributed by atoms with Crippen molar-refractivity contribution >= 4 is 22.8 Å². The molecule has 1 saturated carbocycles. The van der Waals surface area contributed by atoms with Crippen molar-refractivity contribution in [3.05, 3.63) is 11.5 Å². The monoisotopic (exact) mass is 308 g/mol. The summed E-state index contributed by atoms with van der Waals surface area (Å²) in [5, 5.41) is 4.69. The number of hydrogen-bond acceptors (Lipinski definition) is 2. The lowest BCUT2D eigenvalue weighted by atomic mass is 10.1. The first-order valence-electron chi connectivity index (χ1n) is 8.14. The minimum absolute atomic E-state index is 0.563. The van der Waals surface area contributed by atoms with E-state index in [1.165, 1.54) is 24.9 Å². The van der Waals surface area contributed by atoms with Crippen LogP contribution >= 0.6 is 11.6 Å². The van der Waals surface area contributed by atoms with Crippen molar-refractivity contribution in [2.45, 2.75) is 58.4 Å². The van der Waals surface area contributed by atoms with Crippen LogP contribution in [0.2, 0.25) is 0 Å². The van der Waals surface area contributed by atoms with Crippen molar-refractivity contribution in [3.8, 4) is 0 Å². The molecule has 1 aliphatic carbocycles. The molecule has 4 nitrogen and oxygen atoms in total. The number of rotatable bonds is 5. The smallest absolute Gasteiger partial charge is 0.158 e. The fourth-order valence-electron chi connectivity index (χ4n) is 3.71. The Morgan fingerprint density at radius 2 is 2.10 bits per heavy atom. The fourth-order valence-corrected chi connectivity index (χ4v) is 3.88. The first-order chi connectivity index (χ1) is 10.2. The molecule has 2 unspecified atom stereocenters. The Morgan fingerprint density at radius 1 is 1.29 bits per heavy atom. The number of aryl methyl sites for hydroxylation is 3. The summed E-state index contributed by atoms with van der Waals surface area (Å²) in [6, 6.07) is 0.563. The van der Waals surface area contributed by atoms with E-state index in [0.29, 0.717) is 11.9 Å². The van der Waals surface area contributed by atoms with Crippen LogP contribution in [0.4, 0.5) is 0 Å². The number of alkyl halides is 1. The fraction of sp³-hybridized carbons (Fsp3) is 0.750. The van der Waals surface area contributed by atoms with Crippen LogP contribution in [0.5, 0.6) is 0 Å². The third kappa shape index (κ3) is 2.59. The zero-order chi connectivity index (χ0) is 15.0. The molecular weight excluding hydrogens is 284 g/mol. The van der Waals surface area contributed by atoms with Gasteiger partial charge in [0.2, 0.25) is 0 Å². The van der Waals surface area contributed by atoms with E-state index < -0.39 is 0 Å². The van der Waals surface area contributed by atoms with Crippen molar-refractivity contribution in [2.24, 2.45) is 13.0 Å². The Balaban J connectivity index is 2.12. The van der Waals surface area contributed by atoms with E-state index in [2.05, 4.69) is 18.4 Å². The van der Waals surface area contributed by atoms with Gasteiger partial charge in [0, 0.05) is 25.4 Å². The molecular formula is C16H25ClN4. The first-order valence-corrected chi connectivity index (χ1v) is 8.67. The van der Waals surface area contributed by atoms with Gasteiger partial charge in [0.25, 0.3) is 0 Å². The Morgan fingerprint density at radius 3 is 2.71 bits per heavy atom. The van der Waals surface area contributed by atoms with Crippen LogP contribution in [0.1, 0.15) is 57.1 Å². The quantitative estimate of drug-likeness (QED) is 0.786. The standard InChI is InChI=1S/C16H25ClN4/c1-4-5-13-15-16(20(3)19-13)21(14(18-15)8-9-17)12-7-6-11(2)10-12/h11-12H,4-10H2,1-3H3. The molecule has 1 fully saturated rings. The average Bonchev–Trinajstić information content (AvgIpc) is 3.09. The zero-order valence-corrected chi connectivity index (χ0v) is 14.0. The van der Waals surface area contributed by atoms with Gasteiger partial charge in [-0.05, 0) is 31.6 Å². The minimum Gasteiger partial charge on any atom is -0.310 e. The predicted molar refractivity (Wildman–Crippen MR) is 87.0 cm³/mol. The first kappa shape index (κ1) is 14.9. The number of nitrogens with zero attached hydrogens (tertiary/aromatic N) is 4. The van der Waals surface area contributed by atoms with Gasteiger partial charge in [-0.2, -0.15) is 5.10 Å². The predicted octanol–water partition coefficient (Wildman–Crippen LogP) is 3.86. The molecule has 21 heavy (non-hydrogen) atoms. The van der Waals surface area contributed by atoms with Crippen molar-refractivity contribution in [1.82, 2.24) is 19.3 Å². The Hall–Kier alpha value is -1.03. The third-order valence-electron chi connectivity index (χ3n) is 4.65. The summed E-state index contributed by atoms with van der Waals surface area (Å²) in [7, 11) is 2.04. The van der Waals surface area contributed by atoms with Gasteiger partial charge >= 0.3 is 0 Å². The van der Waals surface area contributed by atoms with Gasteiger partial charge in [-0.1, -0.05) is 20.3 Å². The number of hydrogen-bond donors (Lipinski definition) is 0. The van der Waals surface area contributed by atoms with E-state index in [9.17, 15) is 0 Å². The molecule has 0 amide bonds. The summed E-state index contributed by atoms with van der Waals surface area (Å²) in [5.41, 5.74) is 3.42. The van der Waals surface area contributed by atoms with Crippen molar-refractivity contribution in [2.75, 3.05) is 5.88 Å². The molecule has 0 spiro atoms. The van der Waals surface area contributed by atoms with Gasteiger partial charge in [-0.15, -0.1) is 11.6 Å². The van der Waals surface area contributed by atoms with Crippen LogP contribution < -0.4 is 0 Å². The van der Waals surface area contributed by atoms with E-state index in [4.69, 9.17) is 21.7 Å². The second-order valence-corrected chi connectivity index (χ2v) is 6.78. The van der Waals surface area contributed by atoms with E-state index in [0.717, 1.165) is 42.2 Å². The van der Waals surface area contributed by atoms with Gasteiger partial charge in [0.05, 0.1) is 5.69 Å². The highest BCUT2D eigenvalue weighted by Crippen LogP contribution is 2.37. The molecule has 2 atom stereocenters. The summed E-state index contributed by atoms with van der Waals surface area (Å²) in [6.45, 7) is 4.54. The van der Waals surface area contributed by atoms with E-state index in [-0.39, 0.29) is 0 Å². The molecule has 5 heteroatoms. The molecule has 0 radical (unpaired) electrons. The lowest BCUT2D eigenvalue weighted by Gasteiger charge is -2.16. The molecule has 2 aromatic rings. The van der Waals surface area contributed by atoms with Crippen molar-refractivity contribution in [3.63, 3.8) is 0 Å². The van der Waals surface area contributed by atoms with E-state index >= 15 is 0 Å². The molecule has 1 aliphatic rings. The van der Waals surface area contributed by atoms with Crippen LogP contribution in [-0.2, 0) is 19.9 Å². The SMILES string of the molecule is CCCc1nn(C)c2c1nc(CCCl)n2C1CCC(C)C1. The molecule has 0 bridgehead atoms. The highest BCUT2D eigenvalue weighted by Gasteiger charge is 2.28. The highest BCUT2D eigenvalue weighted by molar-refractivity contribution is 6.17. The van der Waals surface area contributed by atoms with Gasteiger partial charge < -0.3 is 4.57 Å². The van der Waals surface area contributed by atoms with Crippen LogP contribution in [0.25, 0.3) is 11.2 Å². The van der Waals surface area contributed by atoms with Gasteiger partial charge in [0.15, 0.2) is 5.65 Å². The minimum atomic E-state index is 0.563. The number of imidazole rings is 1. The molecule has 0 saturated heterocycles. The Kier molecular flexibility index (Phi) is 4.25. The summed E-state index contributed by atoms with van der Waals surface area (Å²) >= 11 is 6.00. The zero-order valence-electron chi connectivity index (χ0n) is 13.3. The van der Waals surface area contributed by atoms with Crippen molar-refractivity contribution in [1.29, 1.82) is 0 Å². The molecule has 0 aromatic carbocycles. The molecule has 2 aromatic heterocycles. The summed E-state index contributed by atoms with van der Waals surface area (Å²) < 4.78 is 4.46. The van der Waals surface area contributed by atoms with Crippen LogP contribution in [0.3, 0.4) is 0 Å². The molecule has 2 heterocycles. The molecule has 116 valence electrons. The summed E-state index contributed by atoms with van der Waals surface area (Å²) in [4.78, 5) is 4.91. The second-order valence-electron chi connectivity index (χ2n) is 6.40. The third-order valence-corrected chi connectivity index (χ3v) is 4.84. The summed E-state index contributed by atoms with van der Waals surface area (Å²) in [6.07, 6.45) is 6.74.